The van der Waals surface area contributed by atoms with Crippen LogP contribution in [0.15, 0.2) is 47.8 Å². The lowest BCUT2D eigenvalue weighted by Gasteiger charge is -2.05. The van der Waals surface area contributed by atoms with Crippen LogP contribution >= 0.6 is 22.9 Å². The fraction of sp³-hybridized carbons (Fsp3) is 0.125. The first-order valence-electron chi connectivity index (χ1n) is 9.28. The molecule has 2 heterocycles. The smallest absolute Gasteiger partial charge is 0.137 e. The number of benzene rings is 2. The molecular weight excluding hydrogens is 414 g/mol. The standard InChI is InChI=1S/C24H18ClN3OS/c1-14-4-7-20(15(2)8-14)22-13-30-24(28-22)18(12-26)10-17-9-16-5-6-19(29-3)11-21(16)27-23(17)25/h4-11,13H,1-3H3/b18-10+. The summed E-state index contributed by atoms with van der Waals surface area (Å²) in [5.41, 5.74) is 6.17. The molecule has 0 atom stereocenters. The highest BCUT2D eigenvalue weighted by atomic mass is 35.5. The van der Waals surface area contributed by atoms with Gasteiger partial charge in [0.05, 0.1) is 23.9 Å². The van der Waals surface area contributed by atoms with Crippen LogP contribution in [0.2, 0.25) is 5.15 Å². The average Bonchev–Trinajstić information content (AvgIpc) is 3.21. The number of fused-ring (bicyclic) bond motifs is 1. The number of rotatable bonds is 4. The molecular formula is C24H18ClN3OS. The van der Waals surface area contributed by atoms with Gasteiger partial charge in [0.15, 0.2) is 0 Å². The number of hydrogen-bond donors (Lipinski definition) is 0. The molecule has 4 rings (SSSR count). The largest absolute Gasteiger partial charge is 0.497 e. The van der Waals surface area contributed by atoms with Gasteiger partial charge in [-0.3, -0.25) is 0 Å². The molecule has 0 aliphatic carbocycles. The molecule has 0 N–H and O–H groups in total. The molecule has 2 aromatic carbocycles. The monoisotopic (exact) mass is 431 g/mol. The zero-order valence-electron chi connectivity index (χ0n) is 16.7. The van der Waals surface area contributed by atoms with E-state index in [-0.39, 0.29) is 0 Å². The number of aryl methyl sites for hydroxylation is 2. The van der Waals surface area contributed by atoms with E-state index >= 15 is 0 Å². The number of halogens is 1. The molecule has 0 saturated carbocycles. The van der Waals surface area contributed by atoms with Crippen LogP contribution in [0.4, 0.5) is 0 Å². The number of nitrogens with zero attached hydrogens (tertiary/aromatic N) is 3. The van der Waals surface area contributed by atoms with E-state index in [9.17, 15) is 5.26 Å². The van der Waals surface area contributed by atoms with Crippen LogP contribution in [0.5, 0.6) is 5.75 Å². The van der Waals surface area contributed by atoms with Crippen LogP contribution in [-0.2, 0) is 0 Å². The lowest BCUT2D eigenvalue weighted by molar-refractivity contribution is 0.415. The molecule has 2 aromatic heterocycles. The molecule has 30 heavy (non-hydrogen) atoms. The lowest BCUT2D eigenvalue weighted by atomic mass is 10.0. The van der Waals surface area contributed by atoms with Crippen LogP contribution in [0.3, 0.4) is 0 Å². The highest BCUT2D eigenvalue weighted by molar-refractivity contribution is 7.11. The predicted octanol–water partition coefficient (Wildman–Crippen LogP) is 6.70. The Bertz CT molecular complexity index is 1330. The first-order chi connectivity index (χ1) is 14.5. The van der Waals surface area contributed by atoms with E-state index in [0.29, 0.717) is 27.0 Å². The summed E-state index contributed by atoms with van der Waals surface area (Å²) in [6.07, 6.45) is 1.74. The summed E-state index contributed by atoms with van der Waals surface area (Å²) in [7, 11) is 1.61. The van der Waals surface area contributed by atoms with E-state index in [1.165, 1.54) is 16.9 Å². The molecule has 0 spiro atoms. The van der Waals surface area contributed by atoms with Gasteiger partial charge in [0, 0.05) is 28.0 Å². The van der Waals surface area contributed by atoms with Crippen LogP contribution in [0.1, 0.15) is 21.7 Å². The van der Waals surface area contributed by atoms with Crippen LogP contribution in [0.25, 0.3) is 33.8 Å². The van der Waals surface area contributed by atoms with Crippen molar-refractivity contribution >= 4 is 45.5 Å². The second kappa shape index (κ2) is 8.27. The summed E-state index contributed by atoms with van der Waals surface area (Å²) in [5.74, 6) is 0.716. The van der Waals surface area contributed by atoms with Crippen molar-refractivity contribution in [3.63, 3.8) is 0 Å². The maximum Gasteiger partial charge on any atom is 0.137 e. The summed E-state index contributed by atoms with van der Waals surface area (Å²) in [4.78, 5) is 9.15. The Morgan fingerprint density at radius 2 is 1.97 bits per heavy atom. The van der Waals surface area contributed by atoms with Crippen molar-refractivity contribution in [2.75, 3.05) is 7.11 Å². The minimum absolute atomic E-state index is 0.328. The van der Waals surface area contributed by atoms with Gasteiger partial charge in [0.1, 0.15) is 22.0 Å². The van der Waals surface area contributed by atoms with Gasteiger partial charge in [-0.05, 0) is 43.7 Å². The summed E-state index contributed by atoms with van der Waals surface area (Å²) in [5, 5.41) is 13.6. The molecule has 4 nitrogen and oxygen atoms in total. The molecule has 0 aliphatic heterocycles. The fourth-order valence-corrected chi connectivity index (χ4v) is 4.27. The van der Waals surface area contributed by atoms with Gasteiger partial charge in [-0.15, -0.1) is 11.3 Å². The Morgan fingerprint density at radius 1 is 1.13 bits per heavy atom. The summed E-state index contributed by atoms with van der Waals surface area (Å²) >= 11 is 7.84. The topological polar surface area (TPSA) is 58.8 Å². The second-order valence-corrected chi connectivity index (χ2v) is 8.17. The number of hydrogen-bond acceptors (Lipinski definition) is 5. The summed E-state index contributed by atoms with van der Waals surface area (Å²) < 4.78 is 5.24. The molecule has 0 saturated heterocycles. The summed E-state index contributed by atoms with van der Waals surface area (Å²) in [6.45, 7) is 4.13. The Kier molecular flexibility index (Phi) is 5.54. The van der Waals surface area contributed by atoms with Crippen molar-refractivity contribution in [2.45, 2.75) is 13.8 Å². The Labute approximate surface area is 184 Å². The first-order valence-corrected chi connectivity index (χ1v) is 10.5. The van der Waals surface area contributed by atoms with E-state index in [2.05, 4.69) is 43.1 Å². The maximum atomic E-state index is 9.75. The van der Waals surface area contributed by atoms with Crippen molar-refractivity contribution < 1.29 is 4.74 Å². The number of pyridine rings is 1. The third-order valence-corrected chi connectivity index (χ3v) is 6.00. The quantitative estimate of drug-likeness (QED) is 0.266. The average molecular weight is 432 g/mol. The minimum Gasteiger partial charge on any atom is -0.497 e. The van der Waals surface area contributed by atoms with E-state index in [1.54, 1.807) is 13.2 Å². The number of allylic oxidation sites excluding steroid dienone is 1. The van der Waals surface area contributed by atoms with E-state index in [1.807, 2.05) is 29.6 Å². The number of aromatic nitrogens is 2. The zero-order valence-corrected chi connectivity index (χ0v) is 18.3. The first kappa shape index (κ1) is 20.1. The normalized spacial score (nSPS) is 11.5. The fourth-order valence-electron chi connectivity index (χ4n) is 3.29. The van der Waals surface area contributed by atoms with Gasteiger partial charge in [0.2, 0.25) is 0 Å². The molecule has 6 heteroatoms. The van der Waals surface area contributed by atoms with Crippen molar-refractivity contribution in [2.24, 2.45) is 0 Å². The molecule has 0 amide bonds. The molecule has 0 fully saturated rings. The van der Waals surface area contributed by atoms with Crippen molar-refractivity contribution in [3.05, 3.63) is 74.7 Å². The SMILES string of the molecule is COc1ccc2cc(/C=C(\C#N)c3nc(-c4ccc(C)cc4C)cs3)c(Cl)nc2c1. The van der Waals surface area contributed by atoms with Crippen molar-refractivity contribution in [1.29, 1.82) is 5.26 Å². The van der Waals surface area contributed by atoms with Crippen molar-refractivity contribution in [1.82, 2.24) is 9.97 Å². The Balaban J connectivity index is 1.73. The van der Waals surface area contributed by atoms with Gasteiger partial charge in [-0.2, -0.15) is 5.26 Å². The number of nitriles is 1. The van der Waals surface area contributed by atoms with Gasteiger partial charge < -0.3 is 4.74 Å². The van der Waals surface area contributed by atoms with Crippen LogP contribution < -0.4 is 4.74 Å². The van der Waals surface area contributed by atoms with Gasteiger partial charge in [-0.1, -0.05) is 35.4 Å². The molecule has 0 bridgehead atoms. The summed E-state index contributed by atoms with van der Waals surface area (Å²) in [6, 6.07) is 16.1. The minimum atomic E-state index is 0.328. The third kappa shape index (κ3) is 3.93. The van der Waals surface area contributed by atoms with Gasteiger partial charge in [-0.25, -0.2) is 9.97 Å². The molecule has 4 aromatic rings. The Morgan fingerprint density at radius 3 is 2.70 bits per heavy atom. The van der Waals surface area contributed by atoms with Crippen molar-refractivity contribution in [3.8, 4) is 23.1 Å². The van der Waals surface area contributed by atoms with Gasteiger partial charge >= 0.3 is 0 Å². The van der Waals surface area contributed by atoms with E-state index in [4.69, 9.17) is 21.3 Å². The van der Waals surface area contributed by atoms with E-state index in [0.717, 1.165) is 27.7 Å². The molecule has 0 unspecified atom stereocenters. The number of thiazole rings is 1. The highest BCUT2D eigenvalue weighted by Gasteiger charge is 2.12. The van der Waals surface area contributed by atoms with Crippen LogP contribution in [-0.4, -0.2) is 17.1 Å². The molecule has 0 radical (unpaired) electrons. The third-order valence-electron chi connectivity index (χ3n) is 4.82. The number of methoxy groups -OCH3 is 1. The Hall–Kier alpha value is -3.20. The maximum absolute atomic E-state index is 9.75. The van der Waals surface area contributed by atoms with Gasteiger partial charge in [0.25, 0.3) is 0 Å². The molecule has 148 valence electrons. The lowest BCUT2D eigenvalue weighted by Crippen LogP contribution is -1.89. The van der Waals surface area contributed by atoms with E-state index < -0.39 is 0 Å². The highest BCUT2D eigenvalue weighted by Crippen LogP contribution is 2.31. The van der Waals surface area contributed by atoms with Crippen LogP contribution in [0, 0.1) is 25.2 Å². The molecule has 0 aliphatic rings. The number of ether oxygens (including phenoxy) is 1. The zero-order chi connectivity index (χ0) is 21.3. The predicted molar refractivity (Wildman–Crippen MR) is 124 cm³/mol. The second-order valence-electron chi connectivity index (χ2n) is 6.95.